The number of rotatable bonds is 9. The van der Waals surface area contributed by atoms with Gasteiger partial charge in [0, 0.05) is 31.1 Å². The number of anilines is 2. The molecule has 4 heteroatoms. The van der Waals surface area contributed by atoms with E-state index >= 15 is 0 Å². The number of benzene rings is 1. The quantitative estimate of drug-likeness (QED) is 0.529. The summed E-state index contributed by atoms with van der Waals surface area (Å²) in [6.07, 6.45) is 3.62. The van der Waals surface area contributed by atoms with E-state index in [4.69, 9.17) is 15.7 Å². The largest absolute Gasteiger partial charge is 0.398 e. The normalized spacial score (nSPS) is 10.1. The number of hydrogen-bond acceptors (Lipinski definition) is 4. The van der Waals surface area contributed by atoms with Gasteiger partial charge < -0.3 is 15.8 Å². The van der Waals surface area contributed by atoms with Crippen LogP contribution >= 0.6 is 0 Å². The summed E-state index contributed by atoms with van der Waals surface area (Å²) in [5, 5.41) is 12.0. The fourth-order valence-corrected chi connectivity index (χ4v) is 1.71. The minimum Gasteiger partial charge on any atom is -0.398 e. The van der Waals surface area contributed by atoms with Crippen LogP contribution in [0.3, 0.4) is 0 Å². The van der Waals surface area contributed by atoms with Gasteiger partial charge in [0.2, 0.25) is 0 Å². The van der Waals surface area contributed by atoms with Gasteiger partial charge in [-0.2, -0.15) is 5.26 Å². The molecule has 0 aliphatic rings. The summed E-state index contributed by atoms with van der Waals surface area (Å²) in [4.78, 5) is 0. The lowest BCUT2D eigenvalue weighted by atomic mass is 10.1. The average Bonchev–Trinajstić information content (AvgIpc) is 2.41. The van der Waals surface area contributed by atoms with Crippen LogP contribution in [0, 0.1) is 11.3 Å². The van der Waals surface area contributed by atoms with Crippen molar-refractivity contribution in [2.45, 2.75) is 32.6 Å². The molecule has 0 radical (unpaired) electrons. The molecule has 1 aromatic carbocycles. The Morgan fingerprint density at radius 2 is 2.11 bits per heavy atom. The van der Waals surface area contributed by atoms with E-state index in [0.29, 0.717) is 12.1 Å². The molecule has 0 saturated heterocycles. The lowest BCUT2D eigenvalue weighted by Gasteiger charge is -2.09. The molecule has 19 heavy (non-hydrogen) atoms. The van der Waals surface area contributed by atoms with Crippen molar-refractivity contribution in [3.63, 3.8) is 0 Å². The highest BCUT2D eigenvalue weighted by Crippen LogP contribution is 2.18. The summed E-state index contributed by atoms with van der Waals surface area (Å²) in [7, 11) is 0. The fourth-order valence-electron chi connectivity index (χ4n) is 1.71. The van der Waals surface area contributed by atoms with Gasteiger partial charge >= 0.3 is 0 Å². The minimum absolute atomic E-state index is 0.349. The third kappa shape index (κ3) is 6.12. The monoisotopic (exact) mass is 261 g/mol. The van der Waals surface area contributed by atoms with Crippen LogP contribution < -0.4 is 11.1 Å². The van der Waals surface area contributed by atoms with Crippen LogP contribution in [0.25, 0.3) is 0 Å². The third-order valence-electron chi connectivity index (χ3n) is 2.85. The lowest BCUT2D eigenvalue weighted by Crippen LogP contribution is -2.07. The summed E-state index contributed by atoms with van der Waals surface area (Å²) >= 11 is 0. The Kier molecular flexibility index (Phi) is 7.45. The molecule has 4 nitrogen and oxygen atoms in total. The molecule has 0 unspecified atom stereocenters. The summed E-state index contributed by atoms with van der Waals surface area (Å²) in [6, 6.07) is 7.84. The Morgan fingerprint density at radius 3 is 2.84 bits per heavy atom. The number of ether oxygens (including phenoxy) is 1. The Hall–Kier alpha value is -1.73. The van der Waals surface area contributed by atoms with Crippen LogP contribution in [0.5, 0.6) is 0 Å². The van der Waals surface area contributed by atoms with Gasteiger partial charge in [-0.1, -0.05) is 13.3 Å². The van der Waals surface area contributed by atoms with Gasteiger partial charge in [0.1, 0.15) is 0 Å². The molecular weight excluding hydrogens is 238 g/mol. The number of nitrogens with two attached hydrogens (primary N) is 1. The second-order valence-corrected chi connectivity index (χ2v) is 4.49. The number of nitrogens with zero attached hydrogens (tertiary/aromatic N) is 1. The van der Waals surface area contributed by atoms with Crippen molar-refractivity contribution in [3.05, 3.63) is 23.8 Å². The third-order valence-corrected chi connectivity index (χ3v) is 2.85. The summed E-state index contributed by atoms with van der Waals surface area (Å²) < 4.78 is 5.49. The molecule has 0 heterocycles. The molecule has 0 atom stereocenters. The van der Waals surface area contributed by atoms with Crippen molar-refractivity contribution in [3.8, 4) is 6.07 Å². The van der Waals surface area contributed by atoms with E-state index in [1.165, 1.54) is 6.42 Å². The van der Waals surface area contributed by atoms with Gasteiger partial charge in [-0.25, -0.2) is 0 Å². The van der Waals surface area contributed by atoms with Gasteiger partial charge in [-0.3, -0.25) is 0 Å². The second-order valence-electron chi connectivity index (χ2n) is 4.49. The zero-order valence-corrected chi connectivity index (χ0v) is 11.6. The molecule has 3 N–H and O–H groups in total. The number of unbranched alkanes of at least 4 members (excludes halogenated alkanes) is 1. The van der Waals surface area contributed by atoms with E-state index in [9.17, 15) is 0 Å². The molecule has 0 spiro atoms. The van der Waals surface area contributed by atoms with E-state index in [-0.39, 0.29) is 0 Å². The zero-order valence-electron chi connectivity index (χ0n) is 11.6. The van der Waals surface area contributed by atoms with Crippen LogP contribution in [0.15, 0.2) is 18.2 Å². The van der Waals surface area contributed by atoms with Crippen LogP contribution in [0.4, 0.5) is 11.4 Å². The Morgan fingerprint density at radius 1 is 1.32 bits per heavy atom. The van der Waals surface area contributed by atoms with Crippen LogP contribution in [0.2, 0.25) is 0 Å². The molecule has 0 aliphatic heterocycles. The Bertz CT molecular complexity index is 412. The first-order chi connectivity index (χ1) is 9.27. The van der Waals surface area contributed by atoms with Crippen molar-refractivity contribution >= 4 is 11.4 Å². The predicted octanol–water partition coefficient (Wildman–Crippen LogP) is 2.95. The first-order valence-electron chi connectivity index (χ1n) is 6.85. The van der Waals surface area contributed by atoms with E-state index in [2.05, 4.69) is 18.3 Å². The molecule has 0 saturated carbocycles. The maximum atomic E-state index is 8.71. The van der Waals surface area contributed by atoms with E-state index in [1.807, 2.05) is 18.2 Å². The molecule has 0 aromatic heterocycles. The fraction of sp³-hybridized carbons (Fsp3) is 0.533. The summed E-state index contributed by atoms with van der Waals surface area (Å²) in [5.74, 6) is 0. The van der Waals surface area contributed by atoms with Gasteiger partial charge in [0.05, 0.1) is 12.5 Å². The summed E-state index contributed by atoms with van der Waals surface area (Å²) in [5.41, 5.74) is 8.36. The molecule has 0 fully saturated rings. The number of nitriles is 1. The van der Waals surface area contributed by atoms with Gasteiger partial charge in [0.15, 0.2) is 0 Å². The van der Waals surface area contributed by atoms with Gasteiger partial charge in [0.25, 0.3) is 0 Å². The molecule has 1 aromatic rings. The minimum atomic E-state index is 0.349. The maximum Gasteiger partial charge on any atom is 0.0670 e. The van der Waals surface area contributed by atoms with Crippen LogP contribution in [-0.2, 0) is 11.2 Å². The predicted molar refractivity (Wildman–Crippen MR) is 79.0 cm³/mol. The topological polar surface area (TPSA) is 71.1 Å². The number of hydrogen-bond donors (Lipinski definition) is 2. The first kappa shape index (κ1) is 15.3. The molecule has 0 amide bonds. The summed E-state index contributed by atoms with van der Waals surface area (Å²) in [6.45, 7) is 4.66. The molecule has 0 aliphatic carbocycles. The van der Waals surface area contributed by atoms with Crippen LogP contribution in [-0.4, -0.2) is 19.8 Å². The van der Waals surface area contributed by atoms with Crippen molar-refractivity contribution in [2.75, 3.05) is 30.8 Å². The van der Waals surface area contributed by atoms with Crippen molar-refractivity contribution in [1.29, 1.82) is 5.26 Å². The van der Waals surface area contributed by atoms with E-state index < -0.39 is 0 Å². The Balaban J connectivity index is 2.26. The average molecular weight is 261 g/mol. The molecule has 104 valence electrons. The standard InChI is InChI=1S/C15H23N3O/c1-2-3-10-19-11-4-9-18-14-5-6-15(17)13(12-14)7-8-16/h5-6,12,18H,2-4,7,9-11,17H2,1H3. The van der Waals surface area contributed by atoms with Crippen molar-refractivity contribution in [1.82, 2.24) is 0 Å². The highest BCUT2D eigenvalue weighted by Gasteiger charge is 2.00. The highest BCUT2D eigenvalue weighted by molar-refractivity contribution is 5.57. The van der Waals surface area contributed by atoms with E-state index in [0.717, 1.165) is 43.9 Å². The van der Waals surface area contributed by atoms with E-state index in [1.54, 1.807) is 0 Å². The first-order valence-corrected chi connectivity index (χ1v) is 6.85. The second kappa shape index (κ2) is 9.23. The molecule has 0 bridgehead atoms. The van der Waals surface area contributed by atoms with Gasteiger partial charge in [-0.15, -0.1) is 0 Å². The molecule has 1 rings (SSSR count). The Labute approximate surface area is 115 Å². The van der Waals surface area contributed by atoms with Crippen molar-refractivity contribution < 1.29 is 4.74 Å². The molecular formula is C15H23N3O. The highest BCUT2D eigenvalue weighted by atomic mass is 16.5. The zero-order chi connectivity index (χ0) is 13.9. The SMILES string of the molecule is CCCCOCCCNc1ccc(N)c(CC#N)c1. The number of nitrogen functional groups attached to an aromatic ring is 1. The smallest absolute Gasteiger partial charge is 0.0670 e. The lowest BCUT2D eigenvalue weighted by molar-refractivity contribution is 0.131. The number of nitrogens with one attached hydrogen (secondary N) is 1. The maximum absolute atomic E-state index is 8.71. The van der Waals surface area contributed by atoms with Crippen molar-refractivity contribution in [2.24, 2.45) is 0 Å². The van der Waals surface area contributed by atoms with Gasteiger partial charge in [-0.05, 0) is 36.6 Å². The van der Waals surface area contributed by atoms with Crippen LogP contribution in [0.1, 0.15) is 31.7 Å².